The van der Waals surface area contributed by atoms with Crippen molar-refractivity contribution in [3.8, 4) is 0 Å². The molecule has 0 saturated heterocycles. The largest absolute Gasteiger partial charge is 0.446 e. The lowest BCUT2D eigenvalue weighted by molar-refractivity contribution is 0.167. The Balaban J connectivity index is 1.90. The number of aliphatic imine (C=N–C) groups is 1. The Kier molecular flexibility index (Phi) is 3.23. The van der Waals surface area contributed by atoms with Crippen LogP contribution in [-0.2, 0) is 9.47 Å². The van der Waals surface area contributed by atoms with E-state index in [-0.39, 0.29) is 12.1 Å². The van der Waals surface area contributed by atoms with Gasteiger partial charge in [-0.15, -0.1) is 0 Å². The van der Waals surface area contributed by atoms with Crippen LogP contribution < -0.4 is 0 Å². The van der Waals surface area contributed by atoms with Gasteiger partial charge in [0, 0.05) is 0 Å². The highest BCUT2D eigenvalue weighted by Gasteiger charge is 2.28. The summed E-state index contributed by atoms with van der Waals surface area (Å²) in [5, 5.41) is 0. The minimum absolute atomic E-state index is 0.0265. The van der Waals surface area contributed by atoms with Gasteiger partial charge in [-0.25, -0.2) is 4.99 Å². The fraction of sp³-hybridized carbons (Fsp3) is 0.300. The first-order valence-corrected chi connectivity index (χ1v) is 5.62. The first-order valence-electron chi connectivity index (χ1n) is 4.37. The minimum Gasteiger partial charge on any atom is -0.446 e. The van der Waals surface area contributed by atoms with Crippen molar-refractivity contribution >= 4 is 28.7 Å². The number of nitrogens with zero attached hydrogens (tertiary/aromatic N) is 1. The molecule has 4 heteroatoms. The Hall–Kier alpha value is -0.780. The molecule has 1 aliphatic carbocycles. The SMILES string of the molecule is I/C=C/COC1=NC2C=CC=CC2O1. The van der Waals surface area contributed by atoms with Crippen molar-refractivity contribution in [2.75, 3.05) is 6.61 Å². The number of fused-ring (bicyclic) bond motifs is 1. The van der Waals surface area contributed by atoms with E-state index in [1.54, 1.807) is 0 Å². The molecule has 0 saturated carbocycles. The second-order valence-corrected chi connectivity index (χ2v) is 3.63. The Bertz CT molecular complexity index is 320. The van der Waals surface area contributed by atoms with Gasteiger partial charge in [0.1, 0.15) is 18.8 Å². The zero-order chi connectivity index (χ0) is 9.80. The van der Waals surface area contributed by atoms with Crippen LogP contribution in [0.25, 0.3) is 0 Å². The van der Waals surface area contributed by atoms with Crippen LogP contribution in [0.1, 0.15) is 0 Å². The second-order valence-electron chi connectivity index (χ2n) is 2.91. The lowest BCUT2D eigenvalue weighted by Gasteiger charge is -2.11. The van der Waals surface area contributed by atoms with Crippen LogP contribution >= 0.6 is 22.6 Å². The van der Waals surface area contributed by atoms with Gasteiger partial charge in [-0.1, -0.05) is 40.8 Å². The smallest absolute Gasteiger partial charge is 0.385 e. The number of rotatable bonds is 2. The molecule has 1 aliphatic heterocycles. The summed E-state index contributed by atoms with van der Waals surface area (Å²) in [7, 11) is 0. The van der Waals surface area contributed by atoms with E-state index in [4.69, 9.17) is 9.47 Å². The molecule has 74 valence electrons. The van der Waals surface area contributed by atoms with Crippen molar-refractivity contribution in [2.24, 2.45) is 4.99 Å². The van der Waals surface area contributed by atoms with Crippen LogP contribution in [0.4, 0.5) is 0 Å². The third kappa shape index (κ3) is 2.17. The Morgan fingerprint density at radius 2 is 2.36 bits per heavy atom. The van der Waals surface area contributed by atoms with Crippen LogP contribution in [0.2, 0.25) is 0 Å². The summed E-state index contributed by atoms with van der Waals surface area (Å²) < 4.78 is 12.7. The van der Waals surface area contributed by atoms with E-state index in [2.05, 4.69) is 27.6 Å². The highest BCUT2D eigenvalue weighted by atomic mass is 127. The summed E-state index contributed by atoms with van der Waals surface area (Å²) in [5.41, 5.74) is 0. The van der Waals surface area contributed by atoms with Crippen molar-refractivity contribution < 1.29 is 9.47 Å². The molecule has 2 rings (SSSR count). The number of hydrogen-bond acceptors (Lipinski definition) is 3. The maximum absolute atomic E-state index is 5.47. The van der Waals surface area contributed by atoms with Gasteiger partial charge in [0.05, 0.1) is 0 Å². The van der Waals surface area contributed by atoms with Crippen molar-refractivity contribution in [2.45, 2.75) is 12.1 Å². The van der Waals surface area contributed by atoms with Crippen molar-refractivity contribution in [3.05, 3.63) is 34.5 Å². The average Bonchev–Trinajstić information content (AvgIpc) is 2.60. The summed E-state index contributed by atoms with van der Waals surface area (Å²) in [5.74, 6) is 0. The number of ether oxygens (including phenoxy) is 2. The van der Waals surface area contributed by atoms with Gasteiger partial charge in [-0.2, -0.15) is 0 Å². The minimum atomic E-state index is 0.0265. The molecule has 3 nitrogen and oxygen atoms in total. The van der Waals surface area contributed by atoms with Gasteiger partial charge in [-0.3, -0.25) is 0 Å². The van der Waals surface area contributed by atoms with E-state index in [0.717, 1.165) is 0 Å². The van der Waals surface area contributed by atoms with Gasteiger partial charge in [-0.05, 0) is 16.2 Å². The van der Waals surface area contributed by atoms with Crippen LogP contribution in [-0.4, -0.2) is 24.8 Å². The molecule has 0 amide bonds. The molecule has 2 aliphatic rings. The zero-order valence-electron chi connectivity index (χ0n) is 7.47. The molecule has 0 fully saturated rings. The third-order valence-electron chi connectivity index (χ3n) is 1.94. The van der Waals surface area contributed by atoms with Gasteiger partial charge >= 0.3 is 6.08 Å². The molecule has 1 heterocycles. The Morgan fingerprint density at radius 1 is 1.50 bits per heavy atom. The molecular weight excluding hydrogens is 293 g/mol. The summed E-state index contributed by atoms with van der Waals surface area (Å²) in [4.78, 5) is 4.28. The van der Waals surface area contributed by atoms with Crippen LogP contribution in [0.5, 0.6) is 0 Å². The topological polar surface area (TPSA) is 30.8 Å². The fourth-order valence-electron chi connectivity index (χ4n) is 1.30. The molecular formula is C10H10INO2. The number of halogens is 1. The monoisotopic (exact) mass is 303 g/mol. The first-order chi connectivity index (χ1) is 6.90. The lowest BCUT2D eigenvalue weighted by atomic mass is 10.1. The van der Waals surface area contributed by atoms with Gasteiger partial charge < -0.3 is 9.47 Å². The van der Waals surface area contributed by atoms with Crippen molar-refractivity contribution in [1.29, 1.82) is 0 Å². The molecule has 0 aromatic rings. The first kappa shape index (κ1) is 9.76. The normalized spacial score (nSPS) is 28.8. The third-order valence-corrected chi connectivity index (χ3v) is 2.45. The molecule has 2 unspecified atom stereocenters. The summed E-state index contributed by atoms with van der Waals surface area (Å²) in [6.07, 6.45) is 10.3. The van der Waals surface area contributed by atoms with E-state index in [9.17, 15) is 0 Å². The van der Waals surface area contributed by atoms with E-state index < -0.39 is 0 Å². The number of allylic oxidation sites excluding steroid dienone is 2. The zero-order valence-corrected chi connectivity index (χ0v) is 9.63. The standard InChI is InChI=1S/C10H10INO2/c11-6-3-7-13-10-12-8-4-1-2-5-9(8)14-10/h1-6,8-9H,7H2/b6-3+. The highest BCUT2D eigenvalue weighted by Crippen LogP contribution is 2.19. The van der Waals surface area contributed by atoms with Gasteiger partial charge in [0.2, 0.25) is 0 Å². The molecule has 14 heavy (non-hydrogen) atoms. The van der Waals surface area contributed by atoms with E-state index in [1.165, 1.54) is 0 Å². The molecule has 0 bridgehead atoms. The molecule has 0 aromatic carbocycles. The fourth-order valence-corrected chi connectivity index (χ4v) is 1.50. The van der Waals surface area contributed by atoms with Gasteiger partial charge in [0.15, 0.2) is 0 Å². The van der Waals surface area contributed by atoms with Crippen molar-refractivity contribution in [3.63, 3.8) is 0 Å². The molecule has 0 aromatic heterocycles. The molecule has 2 atom stereocenters. The average molecular weight is 303 g/mol. The number of hydrogen-bond donors (Lipinski definition) is 0. The molecule has 0 radical (unpaired) electrons. The second kappa shape index (κ2) is 4.63. The Labute approximate surface area is 96.3 Å². The van der Waals surface area contributed by atoms with Crippen LogP contribution in [0.15, 0.2) is 39.5 Å². The maximum Gasteiger partial charge on any atom is 0.385 e. The summed E-state index contributed by atoms with van der Waals surface area (Å²) in [6, 6.07) is 0.0959. The lowest BCUT2D eigenvalue weighted by Crippen LogP contribution is -2.19. The van der Waals surface area contributed by atoms with Crippen LogP contribution in [0, 0.1) is 0 Å². The van der Waals surface area contributed by atoms with Crippen molar-refractivity contribution in [1.82, 2.24) is 0 Å². The van der Waals surface area contributed by atoms with Gasteiger partial charge in [0.25, 0.3) is 0 Å². The van der Waals surface area contributed by atoms with E-state index in [0.29, 0.717) is 12.7 Å². The van der Waals surface area contributed by atoms with Crippen LogP contribution in [0.3, 0.4) is 0 Å². The van der Waals surface area contributed by atoms with E-state index >= 15 is 0 Å². The Morgan fingerprint density at radius 3 is 3.14 bits per heavy atom. The highest BCUT2D eigenvalue weighted by molar-refractivity contribution is 14.1. The maximum atomic E-state index is 5.47. The summed E-state index contributed by atoms with van der Waals surface area (Å²) >= 11 is 2.14. The predicted molar refractivity (Wildman–Crippen MR) is 63.5 cm³/mol. The quantitative estimate of drug-likeness (QED) is 0.732. The molecule has 0 N–H and O–H groups in total. The molecule has 0 spiro atoms. The summed E-state index contributed by atoms with van der Waals surface area (Å²) in [6.45, 7) is 0.509. The van der Waals surface area contributed by atoms with E-state index in [1.807, 2.05) is 34.5 Å². The predicted octanol–water partition coefficient (Wildman–Crippen LogP) is 2.20.